The zero-order valence-corrected chi connectivity index (χ0v) is 19.2. The van der Waals surface area contributed by atoms with Gasteiger partial charge in [-0.15, -0.1) is 0 Å². The van der Waals surface area contributed by atoms with Crippen molar-refractivity contribution in [3.63, 3.8) is 0 Å². The number of hydrogen-bond donors (Lipinski definition) is 2. The number of carbonyl (C=O) groups is 2. The predicted octanol–water partition coefficient (Wildman–Crippen LogP) is 5.73. The van der Waals surface area contributed by atoms with Crippen molar-refractivity contribution in [1.29, 1.82) is 0 Å². The lowest BCUT2D eigenvalue weighted by atomic mass is 10.0. The Balaban J connectivity index is 1.35. The molecule has 0 aliphatic rings. The molecule has 6 heteroatoms. The SMILES string of the molecule is COc1cc(C(=O)O)ccc1Cn1ccc2ccc(NC(=O)Cc3ccc4ccccc4c3)cc21. The van der Waals surface area contributed by atoms with Gasteiger partial charge in [0.1, 0.15) is 5.75 Å². The lowest BCUT2D eigenvalue weighted by Crippen LogP contribution is -2.14. The second kappa shape index (κ2) is 9.35. The molecule has 0 saturated heterocycles. The average molecular weight is 465 g/mol. The molecular weight excluding hydrogens is 440 g/mol. The van der Waals surface area contributed by atoms with Crippen LogP contribution in [0.5, 0.6) is 5.75 Å². The van der Waals surface area contributed by atoms with Gasteiger partial charge in [0, 0.05) is 17.4 Å². The number of nitrogens with zero attached hydrogens (tertiary/aromatic N) is 1. The molecular formula is C29H24N2O4. The molecule has 0 unspecified atom stereocenters. The summed E-state index contributed by atoms with van der Waals surface area (Å²) in [6, 6.07) is 26.9. The van der Waals surface area contributed by atoms with Gasteiger partial charge in [0.2, 0.25) is 5.91 Å². The first-order valence-electron chi connectivity index (χ1n) is 11.3. The fourth-order valence-corrected chi connectivity index (χ4v) is 4.33. The molecule has 1 heterocycles. The molecule has 6 nitrogen and oxygen atoms in total. The summed E-state index contributed by atoms with van der Waals surface area (Å²) in [6.07, 6.45) is 2.26. The molecule has 4 aromatic carbocycles. The molecule has 5 rings (SSSR count). The van der Waals surface area contributed by atoms with Gasteiger partial charge in [-0.05, 0) is 52.1 Å². The minimum Gasteiger partial charge on any atom is -0.496 e. The highest BCUT2D eigenvalue weighted by Crippen LogP contribution is 2.26. The molecule has 174 valence electrons. The lowest BCUT2D eigenvalue weighted by molar-refractivity contribution is -0.115. The minimum absolute atomic E-state index is 0.0799. The molecule has 5 aromatic rings. The van der Waals surface area contributed by atoms with Crippen LogP contribution >= 0.6 is 0 Å². The molecule has 35 heavy (non-hydrogen) atoms. The normalized spacial score (nSPS) is 11.0. The van der Waals surface area contributed by atoms with Crippen LogP contribution in [0.1, 0.15) is 21.5 Å². The highest BCUT2D eigenvalue weighted by atomic mass is 16.5. The van der Waals surface area contributed by atoms with Gasteiger partial charge in [0.05, 0.1) is 31.2 Å². The number of methoxy groups -OCH3 is 1. The summed E-state index contributed by atoms with van der Waals surface area (Å²) in [7, 11) is 1.53. The number of carboxylic acids is 1. The van der Waals surface area contributed by atoms with Crippen molar-refractivity contribution in [2.45, 2.75) is 13.0 Å². The Morgan fingerprint density at radius 3 is 2.49 bits per heavy atom. The number of ether oxygens (including phenoxy) is 1. The fraction of sp³-hybridized carbons (Fsp3) is 0.103. The van der Waals surface area contributed by atoms with Crippen LogP contribution < -0.4 is 10.1 Å². The number of carboxylic acid groups (broad SMARTS) is 1. The number of nitrogens with one attached hydrogen (secondary N) is 1. The molecule has 0 spiro atoms. The third-order valence-corrected chi connectivity index (χ3v) is 6.11. The number of anilines is 1. The summed E-state index contributed by atoms with van der Waals surface area (Å²) in [5, 5.41) is 15.6. The van der Waals surface area contributed by atoms with Gasteiger partial charge < -0.3 is 19.7 Å². The number of amides is 1. The summed E-state index contributed by atoms with van der Waals surface area (Å²) in [5.41, 5.74) is 3.68. The van der Waals surface area contributed by atoms with E-state index in [-0.39, 0.29) is 17.9 Å². The van der Waals surface area contributed by atoms with Crippen LogP contribution in [0.2, 0.25) is 0 Å². The van der Waals surface area contributed by atoms with Crippen LogP contribution in [-0.4, -0.2) is 28.7 Å². The zero-order chi connectivity index (χ0) is 24.4. The van der Waals surface area contributed by atoms with Crippen molar-refractivity contribution >= 4 is 39.2 Å². The number of rotatable bonds is 7. The van der Waals surface area contributed by atoms with E-state index in [2.05, 4.69) is 11.4 Å². The molecule has 2 N–H and O–H groups in total. The Morgan fingerprint density at radius 1 is 0.886 bits per heavy atom. The first-order valence-corrected chi connectivity index (χ1v) is 11.3. The molecule has 0 aliphatic carbocycles. The molecule has 0 bridgehead atoms. The van der Waals surface area contributed by atoms with Crippen LogP contribution in [0.25, 0.3) is 21.7 Å². The van der Waals surface area contributed by atoms with E-state index in [0.717, 1.165) is 38.5 Å². The van der Waals surface area contributed by atoms with Gasteiger partial charge in [0.25, 0.3) is 0 Å². The maximum absolute atomic E-state index is 12.8. The molecule has 0 aliphatic heterocycles. The Morgan fingerprint density at radius 2 is 1.69 bits per heavy atom. The maximum Gasteiger partial charge on any atom is 0.335 e. The van der Waals surface area contributed by atoms with E-state index >= 15 is 0 Å². The Hall–Kier alpha value is -4.58. The Bertz CT molecular complexity index is 1570. The predicted molar refractivity (Wildman–Crippen MR) is 137 cm³/mol. The first kappa shape index (κ1) is 22.2. The molecule has 1 aromatic heterocycles. The summed E-state index contributed by atoms with van der Waals surface area (Å²) >= 11 is 0. The number of hydrogen-bond acceptors (Lipinski definition) is 3. The van der Waals surface area contributed by atoms with Crippen molar-refractivity contribution in [2.75, 3.05) is 12.4 Å². The van der Waals surface area contributed by atoms with E-state index in [9.17, 15) is 14.7 Å². The smallest absolute Gasteiger partial charge is 0.335 e. The summed E-state index contributed by atoms with van der Waals surface area (Å²) in [5.74, 6) is -0.555. The van der Waals surface area contributed by atoms with Crippen molar-refractivity contribution < 1.29 is 19.4 Å². The molecule has 0 atom stereocenters. The van der Waals surface area contributed by atoms with E-state index in [4.69, 9.17) is 4.74 Å². The lowest BCUT2D eigenvalue weighted by Gasteiger charge is -2.12. The molecule has 0 fully saturated rings. The van der Waals surface area contributed by atoms with Crippen LogP contribution in [-0.2, 0) is 17.8 Å². The number of aromatic nitrogens is 1. The molecule has 1 amide bonds. The highest BCUT2D eigenvalue weighted by molar-refractivity contribution is 5.95. The summed E-state index contributed by atoms with van der Waals surface area (Å²) in [6.45, 7) is 0.501. The Labute approximate surface area is 202 Å². The van der Waals surface area contributed by atoms with E-state index < -0.39 is 5.97 Å². The quantitative estimate of drug-likeness (QED) is 0.322. The summed E-state index contributed by atoms with van der Waals surface area (Å²) in [4.78, 5) is 24.0. The fourth-order valence-electron chi connectivity index (χ4n) is 4.33. The van der Waals surface area contributed by atoms with Crippen molar-refractivity contribution in [3.8, 4) is 5.75 Å². The number of benzene rings is 4. The largest absolute Gasteiger partial charge is 0.496 e. The van der Waals surface area contributed by atoms with Crippen LogP contribution in [0, 0.1) is 0 Å². The third-order valence-electron chi connectivity index (χ3n) is 6.11. The van der Waals surface area contributed by atoms with E-state index in [1.807, 2.05) is 71.4 Å². The van der Waals surface area contributed by atoms with Crippen LogP contribution in [0.4, 0.5) is 5.69 Å². The van der Waals surface area contributed by atoms with Crippen molar-refractivity contribution in [1.82, 2.24) is 4.57 Å². The van der Waals surface area contributed by atoms with Crippen molar-refractivity contribution in [2.24, 2.45) is 0 Å². The first-order chi connectivity index (χ1) is 17.0. The number of carbonyl (C=O) groups excluding carboxylic acids is 1. The van der Waals surface area contributed by atoms with Gasteiger partial charge in [-0.2, -0.15) is 0 Å². The van der Waals surface area contributed by atoms with Gasteiger partial charge >= 0.3 is 5.97 Å². The topological polar surface area (TPSA) is 80.6 Å². The standard InChI is InChI=1S/C29H24N2O4/c1-35-27-16-23(29(33)34)8-9-24(27)18-31-13-12-21-10-11-25(17-26(21)31)30-28(32)15-19-6-7-20-4-2-3-5-22(20)14-19/h2-14,16-17H,15,18H2,1H3,(H,30,32)(H,33,34). The van der Waals surface area contributed by atoms with Gasteiger partial charge in [0.15, 0.2) is 0 Å². The Kier molecular flexibility index (Phi) is 5.94. The second-order valence-electron chi connectivity index (χ2n) is 8.46. The third kappa shape index (κ3) is 4.73. The van der Waals surface area contributed by atoms with Gasteiger partial charge in [-0.25, -0.2) is 4.79 Å². The van der Waals surface area contributed by atoms with Crippen LogP contribution in [0.15, 0.2) is 91.1 Å². The van der Waals surface area contributed by atoms with Crippen LogP contribution in [0.3, 0.4) is 0 Å². The monoisotopic (exact) mass is 464 g/mol. The van der Waals surface area contributed by atoms with Crippen molar-refractivity contribution in [3.05, 3.63) is 108 Å². The number of aromatic carboxylic acids is 1. The van der Waals surface area contributed by atoms with E-state index in [1.54, 1.807) is 12.1 Å². The summed E-state index contributed by atoms with van der Waals surface area (Å²) < 4.78 is 7.47. The van der Waals surface area contributed by atoms with E-state index in [1.165, 1.54) is 13.2 Å². The number of fused-ring (bicyclic) bond motifs is 2. The molecule has 0 saturated carbocycles. The highest BCUT2D eigenvalue weighted by Gasteiger charge is 2.12. The van der Waals surface area contributed by atoms with E-state index in [0.29, 0.717) is 12.3 Å². The zero-order valence-electron chi connectivity index (χ0n) is 19.2. The van der Waals surface area contributed by atoms with Gasteiger partial charge in [-0.3, -0.25) is 4.79 Å². The minimum atomic E-state index is -0.995. The second-order valence-corrected chi connectivity index (χ2v) is 8.46. The maximum atomic E-state index is 12.8. The molecule has 0 radical (unpaired) electrons. The van der Waals surface area contributed by atoms with Gasteiger partial charge in [-0.1, -0.05) is 54.6 Å². The average Bonchev–Trinajstić information content (AvgIpc) is 3.26.